The van der Waals surface area contributed by atoms with Crippen LogP contribution >= 0.6 is 0 Å². The number of hydrogen-bond donors (Lipinski definition) is 0. The van der Waals surface area contributed by atoms with Gasteiger partial charge in [-0.2, -0.15) is 0 Å². The average molecular weight is 807 g/mol. The van der Waals surface area contributed by atoms with Gasteiger partial charge in [-0.15, -0.1) is 0 Å². The predicted octanol–water partition coefficient (Wildman–Crippen LogP) is 16.1. The molecule has 0 rings (SSSR count). The van der Waals surface area contributed by atoms with Crippen molar-refractivity contribution in [3.63, 3.8) is 0 Å². The lowest BCUT2D eigenvalue weighted by molar-refractivity contribution is -0.163. The zero-order valence-corrected chi connectivity index (χ0v) is 38.0. The van der Waals surface area contributed by atoms with Gasteiger partial charge in [0.25, 0.3) is 0 Å². The normalized spacial score (nSPS) is 12.9. The summed E-state index contributed by atoms with van der Waals surface area (Å²) in [5.41, 5.74) is 0. The SMILES string of the molecule is CC/C=C\C/C=C\C/C=C\C/C=C\C/C=C\C/C=C\CCCOCC(COC(=O)CCCCCCC/C=C\CCCCCCCC)OC(=O)CCCCCCCCC. The Labute approximate surface area is 359 Å². The summed E-state index contributed by atoms with van der Waals surface area (Å²) in [4.78, 5) is 25.2. The third-order valence-electron chi connectivity index (χ3n) is 9.92. The van der Waals surface area contributed by atoms with E-state index in [-0.39, 0.29) is 25.2 Å². The van der Waals surface area contributed by atoms with Gasteiger partial charge in [-0.3, -0.25) is 9.59 Å². The van der Waals surface area contributed by atoms with E-state index in [1.165, 1.54) is 83.5 Å². The van der Waals surface area contributed by atoms with Crippen LogP contribution in [0, 0.1) is 0 Å². The number of hydrogen-bond acceptors (Lipinski definition) is 5. The number of allylic oxidation sites excluding steroid dienone is 14. The van der Waals surface area contributed by atoms with Crippen LogP contribution in [-0.4, -0.2) is 37.9 Å². The monoisotopic (exact) mass is 807 g/mol. The molecule has 0 saturated carbocycles. The maximum atomic E-state index is 12.6. The van der Waals surface area contributed by atoms with Crippen molar-refractivity contribution in [1.82, 2.24) is 0 Å². The molecule has 1 unspecified atom stereocenters. The first-order chi connectivity index (χ1) is 28.6. The summed E-state index contributed by atoms with van der Waals surface area (Å²) < 4.78 is 17.2. The van der Waals surface area contributed by atoms with E-state index >= 15 is 0 Å². The van der Waals surface area contributed by atoms with Gasteiger partial charge in [0.15, 0.2) is 6.10 Å². The summed E-state index contributed by atoms with van der Waals surface area (Å²) in [6, 6.07) is 0. The molecule has 0 aromatic carbocycles. The first kappa shape index (κ1) is 55.1. The van der Waals surface area contributed by atoms with Gasteiger partial charge in [0, 0.05) is 19.4 Å². The fourth-order valence-corrected chi connectivity index (χ4v) is 6.34. The molecule has 0 fully saturated rings. The molecule has 0 aromatic heterocycles. The first-order valence-electron chi connectivity index (χ1n) is 24.1. The highest BCUT2D eigenvalue weighted by molar-refractivity contribution is 5.70. The minimum Gasteiger partial charge on any atom is -0.462 e. The molecule has 0 N–H and O–H groups in total. The Kier molecular flexibility index (Phi) is 46.0. The molecule has 0 aliphatic rings. The third kappa shape index (κ3) is 45.8. The summed E-state index contributed by atoms with van der Waals surface area (Å²) in [5, 5.41) is 0. The van der Waals surface area contributed by atoms with Crippen LogP contribution in [0.5, 0.6) is 0 Å². The molecule has 0 amide bonds. The zero-order chi connectivity index (χ0) is 42.1. The van der Waals surface area contributed by atoms with Crippen LogP contribution in [0.4, 0.5) is 0 Å². The van der Waals surface area contributed by atoms with Gasteiger partial charge in [0.2, 0.25) is 0 Å². The Bertz CT molecular complexity index is 1090. The van der Waals surface area contributed by atoms with Crippen molar-refractivity contribution >= 4 is 11.9 Å². The van der Waals surface area contributed by atoms with E-state index in [0.29, 0.717) is 19.4 Å². The zero-order valence-electron chi connectivity index (χ0n) is 38.0. The van der Waals surface area contributed by atoms with Gasteiger partial charge in [0.1, 0.15) is 6.61 Å². The van der Waals surface area contributed by atoms with E-state index in [1.807, 2.05) is 0 Å². The molecule has 5 nitrogen and oxygen atoms in total. The Morgan fingerprint density at radius 1 is 0.397 bits per heavy atom. The molecular weight excluding hydrogens is 717 g/mol. The first-order valence-corrected chi connectivity index (χ1v) is 24.1. The van der Waals surface area contributed by atoms with Crippen LogP contribution in [0.25, 0.3) is 0 Å². The molecule has 0 bridgehead atoms. The standard InChI is InChI=1S/C53H90O5/c1-4-7-10-13-16-18-20-22-24-25-26-27-28-30-32-34-36-39-42-45-48-56-49-51(58-53(55)47-44-41-37-15-12-9-6-3)50-57-52(54)46-43-40-38-35-33-31-29-23-21-19-17-14-11-8-5-2/h7,10,16,18,22-24,26-27,29-30,32,36,39,51H,4-6,8-9,11-15,17,19-21,25,28,31,33-35,37-38,40-50H2,1-3H3/b10-7-,18-16-,24-22-,27-26-,29-23-,32-30-,39-36-. The van der Waals surface area contributed by atoms with E-state index in [4.69, 9.17) is 14.2 Å². The largest absolute Gasteiger partial charge is 0.462 e. The van der Waals surface area contributed by atoms with E-state index in [1.54, 1.807) is 0 Å². The molecule has 5 heteroatoms. The predicted molar refractivity (Wildman–Crippen MR) is 251 cm³/mol. The Morgan fingerprint density at radius 2 is 0.776 bits per heavy atom. The van der Waals surface area contributed by atoms with Crippen LogP contribution in [0.1, 0.15) is 213 Å². The Morgan fingerprint density at radius 3 is 1.26 bits per heavy atom. The minimum absolute atomic E-state index is 0.0554. The molecule has 1 atom stereocenters. The molecule has 0 aliphatic carbocycles. The summed E-state index contributed by atoms with van der Waals surface area (Å²) in [7, 11) is 0. The van der Waals surface area contributed by atoms with E-state index in [0.717, 1.165) is 96.3 Å². The number of rotatable bonds is 43. The van der Waals surface area contributed by atoms with E-state index in [2.05, 4.69) is 106 Å². The summed E-state index contributed by atoms with van der Waals surface area (Å²) in [6.07, 6.45) is 63.2. The fourth-order valence-electron chi connectivity index (χ4n) is 6.34. The van der Waals surface area contributed by atoms with Gasteiger partial charge in [-0.25, -0.2) is 0 Å². The van der Waals surface area contributed by atoms with Crippen molar-refractivity contribution in [2.75, 3.05) is 19.8 Å². The van der Waals surface area contributed by atoms with Gasteiger partial charge in [0.05, 0.1) is 6.61 Å². The molecule has 0 radical (unpaired) electrons. The van der Waals surface area contributed by atoms with Gasteiger partial charge in [-0.1, -0.05) is 196 Å². The Hall–Kier alpha value is -2.92. The maximum Gasteiger partial charge on any atom is 0.306 e. The maximum absolute atomic E-state index is 12.6. The number of ether oxygens (including phenoxy) is 3. The van der Waals surface area contributed by atoms with Crippen molar-refractivity contribution in [2.24, 2.45) is 0 Å². The quantitative estimate of drug-likeness (QED) is 0.0349. The number of unbranched alkanes of at least 4 members (excludes halogenated alkanes) is 18. The second-order valence-electron chi connectivity index (χ2n) is 15.6. The van der Waals surface area contributed by atoms with Crippen molar-refractivity contribution in [1.29, 1.82) is 0 Å². The van der Waals surface area contributed by atoms with Crippen LogP contribution in [0.3, 0.4) is 0 Å². The highest BCUT2D eigenvalue weighted by Gasteiger charge is 2.17. The molecule has 58 heavy (non-hydrogen) atoms. The van der Waals surface area contributed by atoms with Gasteiger partial charge in [-0.05, 0) is 89.9 Å². The lowest BCUT2D eigenvalue weighted by atomic mass is 10.1. The molecular formula is C53H90O5. The topological polar surface area (TPSA) is 61.8 Å². The second kappa shape index (κ2) is 48.4. The van der Waals surface area contributed by atoms with Gasteiger partial charge >= 0.3 is 11.9 Å². The van der Waals surface area contributed by atoms with Crippen molar-refractivity contribution in [2.45, 2.75) is 219 Å². The summed E-state index contributed by atoms with van der Waals surface area (Å²) in [6.45, 7) is 7.51. The van der Waals surface area contributed by atoms with Crippen LogP contribution in [-0.2, 0) is 23.8 Å². The lowest BCUT2D eigenvalue weighted by Crippen LogP contribution is -2.30. The van der Waals surface area contributed by atoms with Crippen LogP contribution < -0.4 is 0 Å². The molecule has 0 heterocycles. The average Bonchev–Trinajstić information content (AvgIpc) is 3.22. The number of carbonyl (C=O) groups is 2. The smallest absolute Gasteiger partial charge is 0.306 e. The highest BCUT2D eigenvalue weighted by Crippen LogP contribution is 2.12. The van der Waals surface area contributed by atoms with Crippen LogP contribution in [0.2, 0.25) is 0 Å². The lowest BCUT2D eigenvalue weighted by Gasteiger charge is -2.18. The molecule has 0 aliphatic heterocycles. The van der Waals surface area contributed by atoms with Gasteiger partial charge < -0.3 is 14.2 Å². The Balaban J connectivity index is 4.27. The van der Waals surface area contributed by atoms with E-state index < -0.39 is 6.10 Å². The summed E-state index contributed by atoms with van der Waals surface area (Å²) in [5.74, 6) is -0.447. The molecule has 332 valence electrons. The number of esters is 2. The van der Waals surface area contributed by atoms with Crippen molar-refractivity contribution < 1.29 is 23.8 Å². The van der Waals surface area contributed by atoms with E-state index in [9.17, 15) is 9.59 Å². The molecule has 0 aromatic rings. The number of carbonyl (C=O) groups excluding carboxylic acids is 2. The third-order valence-corrected chi connectivity index (χ3v) is 9.92. The minimum atomic E-state index is -0.569. The molecule has 0 spiro atoms. The second-order valence-corrected chi connectivity index (χ2v) is 15.6. The molecule has 0 saturated heterocycles. The van der Waals surface area contributed by atoms with Crippen molar-refractivity contribution in [3.8, 4) is 0 Å². The summed E-state index contributed by atoms with van der Waals surface area (Å²) >= 11 is 0. The fraction of sp³-hybridized carbons (Fsp3) is 0.698. The van der Waals surface area contributed by atoms with Crippen LogP contribution in [0.15, 0.2) is 85.1 Å². The van der Waals surface area contributed by atoms with Crippen molar-refractivity contribution in [3.05, 3.63) is 85.1 Å². The highest BCUT2D eigenvalue weighted by atomic mass is 16.6.